The van der Waals surface area contributed by atoms with E-state index in [9.17, 15) is 9.59 Å². The molecule has 1 aromatic heterocycles. The molecular weight excluding hydrogens is 268 g/mol. The number of imidazole rings is 1. The third-order valence-corrected chi connectivity index (χ3v) is 4.29. The van der Waals surface area contributed by atoms with Crippen LogP contribution in [0.25, 0.3) is 11.0 Å². The maximum absolute atomic E-state index is 12.2. The standard InChI is InChI=1S/C15H20N4O2/c16-8-10-4-3-6-11(10)17-14(20)9-19-13-7-2-1-5-12(13)18-15(19)21/h1-2,5,7,10-11H,3-4,6,8-9,16H2,(H,17,20)(H,18,21). The molecule has 0 spiro atoms. The summed E-state index contributed by atoms with van der Waals surface area (Å²) in [5.41, 5.74) is 6.96. The topological polar surface area (TPSA) is 92.9 Å². The van der Waals surface area contributed by atoms with Gasteiger partial charge in [0.05, 0.1) is 11.0 Å². The number of benzene rings is 1. The highest BCUT2D eigenvalue weighted by atomic mass is 16.2. The second-order valence-corrected chi connectivity index (χ2v) is 5.63. The number of para-hydroxylation sites is 2. The summed E-state index contributed by atoms with van der Waals surface area (Å²) < 4.78 is 1.47. The molecule has 2 aromatic rings. The highest BCUT2D eigenvalue weighted by molar-refractivity contribution is 5.80. The minimum absolute atomic E-state index is 0.0383. The number of aromatic amines is 1. The van der Waals surface area contributed by atoms with Crippen molar-refractivity contribution in [3.63, 3.8) is 0 Å². The Hall–Kier alpha value is -2.08. The first-order valence-electron chi connectivity index (χ1n) is 7.36. The van der Waals surface area contributed by atoms with Gasteiger partial charge in [0, 0.05) is 6.04 Å². The van der Waals surface area contributed by atoms with Gasteiger partial charge >= 0.3 is 5.69 Å². The molecule has 1 aliphatic carbocycles. The zero-order chi connectivity index (χ0) is 14.8. The number of carbonyl (C=O) groups excluding carboxylic acids is 1. The summed E-state index contributed by atoms with van der Waals surface area (Å²) in [5, 5.41) is 3.02. The maximum atomic E-state index is 12.2. The second-order valence-electron chi connectivity index (χ2n) is 5.63. The second kappa shape index (κ2) is 5.73. The van der Waals surface area contributed by atoms with Gasteiger partial charge in [0.1, 0.15) is 6.54 Å². The minimum atomic E-state index is -0.256. The number of H-pyrrole nitrogens is 1. The molecule has 0 radical (unpaired) electrons. The normalized spacial score (nSPS) is 21.8. The Bertz CT molecular complexity index is 703. The maximum Gasteiger partial charge on any atom is 0.326 e. The SMILES string of the molecule is NCC1CCCC1NC(=O)Cn1c(=O)[nH]c2ccccc21. The fourth-order valence-corrected chi connectivity index (χ4v) is 3.17. The van der Waals surface area contributed by atoms with Crippen LogP contribution in [0.4, 0.5) is 0 Å². The lowest BCUT2D eigenvalue weighted by molar-refractivity contribution is -0.122. The first-order chi connectivity index (χ1) is 10.2. The molecule has 1 heterocycles. The summed E-state index contributed by atoms with van der Waals surface area (Å²) >= 11 is 0. The van der Waals surface area contributed by atoms with E-state index in [1.165, 1.54) is 4.57 Å². The average Bonchev–Trinajstić information content (AvgIpc) is 3.04. The third kappa shape index (κ3) is 2.71. The predicted octanol–water partition coefficient (Wildman–Crippen LogP) is 0.573. The summed E-state index contributed by atoms with van der Waals surface area (Å²) in [6, 6.07) is 7.51. The monoisotopic (exact) mass is 288 g/mol. The van der Waals surface area contributed by atoms with E-state index in [4.69, 9.17) is 5.73 Å². The van der Waals surface area contributed by atoms with Gasteiger partial charge in [0.15, 0.2) is 0 Å². The summed E-state index contributed by atoms with van der Waals surface area (Å²) in [6.45, 7) is 0.634. The van der Waals surface area contributed by atoms with Crippen LogP contribution in [-0.4, -0.2) is 28.0 Å². The average molecular weight is 288 g/mol. The zero-order valence-electron chi connectivity index (χ0n) is 11.8. The molecule has 4 N–H and O–H groups in total. The van der Waals surface area contributed by atoms with E-state index >= 15 is 0 Å². The van der Waals surface area contributed by atoms with Gasteiger partial charge in [-0.2, -0.15) is 0 Å². The number of hydrogen-bond donors (Lipinski definition) is 3. The van der Waals surface area contributed by atoms with Gasteiger partial charge in [0.2, 0.25) is 5.91 Å². The first-order valence-corrected chi connectivity index (χ1v) is 7.36. The smallest absolute Gasteiger partial charge is 0.326 e. The lowest BCUT2D eigenvalue weighted by atomic mass is 10.0. The number of carbonyl (C=O) groups is 1. The lowest BCUT2D eigenvalue weighted by Crippen LogP contribution is -2.42. The number of fused-ring (bicyclic) bond motifs is 1. The number of aromatic nitrogens is 2. The summed E-state index contributed by atoms with van der Waals surface area (Å²) in [6.07, 6.45) is 3.13. The number of nitrogens with two attached hydrogens (primary N) is 1. The van der Waals surface area contributed by atoms with Crippen LogP contribution in [0.1, 0.15) is 19.3 Å². The lowest BCUT2D eigenvalue weighted by Gasteiger charge is -2.19. The Morgan fingerprint density at radius 3 is 3.00 bits per heavy atom. The molecule has 1 saturated carbocycles. The Morgan fingerprint density at radius 2 is 2.19 bits per heavy atom. The molecule has 2 atom stereocenters. The van der Waals surface area contributed by atoms with Crippen LogP contribution in [0.2, 0.25) is 0 Å². The molecule has 1 aromatic carbocycles. The highest BCUT2D eigenvalue weighted by Crippen LogP contribution is 2.24. The van der Waals surface area contributed by atoms with Crippen LogP contribution in [0, 0.1) is 5.92 Å². The van der Waals surface area contributed by atoms with Gasteiger partial charge in [-0.3, -0.25) is 9.36 Å². The Kier molecular flexibility index (Phi) is 3.79. The Balaban J connectivity index is 1.75. The van der Waals surface area contributed by atoms with Crippen molar-refractivity contribution >= 4 is 16.9 Å². The van der Waals surface area contributed by atoms with Crippen molar-refractivity contribution in [1.82, 2.24) is 14.9 Å². The number of amides is 1. The first kappa shape index (κ1) is 13.9. The molecule has 1 aliphatic rings. The van der Waals surface area contributed by atoms with E-state index < -0.39 is 0 Å². The number of rotatable bonds is 4. The van der Waals surface area contributed by atoms with Gasteiger partial charge in [-0.15, -0.1) is 0 Å². The molecule has 0 bridgehead atoms. The quantitative estimate of drug-likeness (QED) is 0.768. The summed E-state index contributed by atoms with van der Waals surface area (Å²) in [7, 11) is 0. The molecular formula is C15H20N4O2. The van der Waals surface area contributed by atoms with Crippen LogP contribution in [-0.2, 0) is 11.3 Å². The van der Waals surface area contributed by atoms with Gasteiger partial charge in [0.25, 0.3) is 0 Å². The van der Waals surface area contributed by atoms with Crippen molar-refractivity contribution in [1.29, 1.82) is 0 Å². The number of hydrogen-bond acceptors (Lipinski definition) is 3. The molecule has 21 heavy (non-hydrogen) atoms. The minimum Gasteiger partial charge on any atom is -0.351 e. The van der Waals surface area contributed by atoms with E-state index in [-0.39, 0.29) is 24.2 Å². The van der Waals surface area contributed by atoms with Gasteiger partial charge in [-0.05, 0) is 37.4 Å². The van der Waals surface area contributed by atoms with E-state index in [1.807, 2.05) is 24.3 Å². The van der Waals surface area contributed by atoms with Gasteiger partial charge < -0.3 is 16.0 Å². The summed E-state index contributed by atoms with van der Waals surface area (Å²) in [5.74, 6) is 0.223. The number of nitrogens with one attached hydrogen (secondary N) is 2. The van der Waals surface area contributed by atoms with Gasteiger partial charge in [-0.25, -0.2) is 4.79 Å². The molecule has 1 amide bonds. The van der Waals surface area contributed by atoms with Crippen LogP contribution in [0.3, 0.4) is 0 Å². The molecule has 3 rings (SSSR count). The fourth-order valence-electron chi connectivity index (χ4n) is 3.17. The van der Waals surface area contributed by atoms with Crippen LogP contribution >= 0.6 is 0 Å². The molecule has 0 aliphatic heterocycles. The number of nitrogens with zero attached hydrogens (tertiary/aromatic N) is 1. The third-order valence-electron chi connectivity index (χ3n) is 4.29. The van der Waals surface area contributed by atoms with Crippen molar-refractivity contribution in [3.8, 4) is 0 Å². The van der Waals surface area contributed by atoms with E-state index in [1.54, 1.807) is 0 Å². The molecule has 2 unspecified atom stereocenters. The van der Waals surface area contributed by atoms with Crippen LogP contribution in [0.5, 0.6) is 0 Å². The Labute approximate surface area is 122 Å². The van der Waals surface area contributed by atoms with Crippen molar-refractivity contribution < 1.29 is 4.79 Å². The van der Waals surface area contributed by atoms with E-state index in [0.29, 0.717) is 12.5 Å². The molecule has 1 fully saturated rings. The fraction of sp³-hybridized carbons (Fsp3) is 0.467. The van der Waals surface area contributed by atoms with E-state index in [2.05, 4.69) is 10.3 Å². The van der Waals surface area contributed by atoms with Crippen molar-refractivity contribution in [3.05, 3.63) is 34.7 Å². The summed E-state index contributed by atoms with van der Waals surface area (Å²) in [4.78, 5) is 26.9. The van der Waals surface area contributed by atoms with Gasteiger partial charge in [-0.1, -0.05) is 18.6 Å². The van der Waals surface area contributed by atoms with Crippen LogP contribution < -0.4 is 16.7 Å². The highest BCUT2D eigenvalue weighted by Gasteiger charge is 2.27. The predicted molar refractivity (Wildman–Crippen MR) is 80.9 cm³/mol. The van der Waals surface area contributed by atoms with Crippen molar-refractivity contribution in [2.45, 2.75) is 31.8 Å². The van der Waals surface area contributed by atoms with Crippen molar-refractivity contribution in [2.24, 2.45) is 11.7 Å². The molecule has 0 saturated heterocycles. The molecule has 6 nitrogen and oxygen atoms in total. The van der Waals surface area contributed by atoms with Crippen molar-refractivity contribution in [2.75, 3.05) is 6.54 Å². The molecule has 6 heteroatoms. The Morgan fingerprint density at radius 1 is 1.38 bits per heavy atom. The zero-order valence-corrected chi connectivity index (χ0v) is 11.8. The van der Waals surface area contributed by atoms with E-state index in [0.717, 1.165) is 30.3 Å². The van der Waals surface area contributed by atoms with Crippen LogP contribution in [0.15, 0.2) is 29.1 Å². The molecule has 112 valence electrons. The largest absolute Gasteiger partial charge is 0.351 e.